The van der Waals surface area contributed by atoms with Gasteiger partial charge in [0.1, 0.15) is 11.6 Å². The van der Waals surface area contributed by atoms with Crippen molar-refractivity contribution in [1.29, 1.82) is 0 Å². The fourth-order valence-corrected chi connectivity index (χ4v) is 1.18. The second kappa shape index (κ2) is 4.40. The number of hydrogen-bond donors (Lipinski definition) is 1. The van der Waals surface area contributed by atoms with Gasteiger partial charge in [-0.25, -0.2) is 4.79 Å². The molecule has 0 aliphatic heterocycles. The molecule has 0 fully saturated rings. The molecule has 0 heterocycles. The smallest absolute Gasteiger partial charge is 0.352 e. The fourth-order valence-electron chi connectivity index (χ4n) is 1.18. The number of nitro benzene ring substituents is 3. The molecule has 0 amide bonds. The third-order valence-electron chi connectivity index (χ3n) is 1.91. The number of hydrogen-bond acceptors (Lipinski definition) is 7. The zero-order valence-corrected chi connectivity index (χ0v) is 8.30. The molecule has 0 unspecified atom stereocenters. The molecule has 0 radical (unpaired) electrons. The molecule has 11 heteroatoms. The van der Waals surface area contributed by atoms with Crippen LogP contribution in [0.4, 0.5) is 17.1 Å². The summed E-state index contributed by atoms with van der Waals surface area (Å²) in [6.07, 6.45) is 0. The van der Waals surface area contributed by atoms with Crippen LogP contribution in [0, 0.1) is 30.3 Å². The van der Waals surface area contributed by atoms with Crippen LogP contribution in [0.25, 0.3) is 0 Å². The summed E-state index contributed by atoms with van der Waals surface area (Å²) >= 11 is 0. The normalized spacial score (nSPS) is 9.78. The van der Waals surface area contributed by atoms with Crippen LogP contribution in [-0.2, 0) is 0 Å². The molecule has 0 aliphatic rings. The molecule has 0 aliphatic carbocycles. The van der Waals surface area contributed by atoms with Gasteiger partial charge in [0, 0.05) is 6.07 Å². The number of carboxylic acid groups (broad SMARTS) is 1. The first-order chi connectivity index (χ1) is 8.25. The molecule has 18 heavy (non-hydrogen) atoms. The van der Waals surface area contributed by atoms with E-state index < -0.39 is 43.4 Å². The zero-order chi connectivity index (χ0) is 14.0. The molecule has 1 aromatic carbocycles. The molecule has 0 atom stereocenters. The third-order valence-corrected chi connectivity index (χ3v) is 1.91. The average Bonchev–Trinajstić information content (AvgIpc) is 2.26. The van der Waals surface area contributed by atoms with E-state index in [1.165, 1.54) is 0 Å². The van der Waals surface area contributed by atoms with Gasteiger partial charge in [-0.15, -0.1) is 0 Å². The van der Waals surface area contributed by atoms with Crippen LogP contribution >= 0.6 is 0 Å². The second-order valence-corrected chi connectivity index (χ2v) is 2.93. The highest BCUT2D eigenvalue weighted by Gasteiger charge is 2.33. The molecular weight excluding hydrogens is 254 g/mol. The summed E-state index contributed by atoms with van der Waals surface area (Å²) < 4.78 is 0. The van der Waals surface area contributed by atoms with Gasteiger partial charge in [0.2, 0.25) is 0 Å². The first kappa shape index (κ1) is 13.0. The minimum Gasteiger partial charge on any atom is -0.477 e. The summed E-state index contributed by atoms with van der Waals surface area (Å²) in [6.45, 7) is 0. The van der Waals surface area contributed by atoms with Crippen LogP contribution in [0.1, 0.15) is 10.4 Å². The average molecular weight is 257 g/mol. The van der Waals surface area contributed by atoms with Gasteiger partial charge in [0.05, 0.1) is 14.8 Å². The van der Waals surface area contributed by atoms with E-state index in [9.17, 15) is 35.1 Å². The highest BCUT2D eigenvalue weighted by Crippen LogP contribution is 2.33. The largest absolute Gasteiger partial charge is 0.477 e. The summed E-state index contributed by atoms with van der Waals surface area (Å²) in [5.41, 5.74) is -4.34. The number of nitrogens with zero attached hydrogens (tertiary/aromatic N) is 3. The van der Waals surface area contributed by atoms with Crippen molar-refractivity contribution in [3.05, 3.63) is 48.0 Å². The Morgan fingerprint density at radius 1 is 0.889 bits per heavy atom. The van der Waals surface area contributed by atoms with Gasteiger partial charge in [-0.1, -0.05) is 0 Å². The van der Waals surface area contributed by atoms with Gasteiger partial charge in [0.15, 0.2) is 0 Å². The highest BCUT2D eigenvalue weighted by molar-refractivity contribution is 5.94. The van der Waals surface area contributed by atoms with Crippen LogP contribution in [0.2, 0.25) is 0 Å². The van der Waals surface area contributed by atoms with E-state index in [1.807, 2.05) is 0 Å². The molecule has 11 nitrogen and oxygen atoms in total. The van der Waals surface area contributed by atoms with E-state index in [1.54, 1.807) is 0 Å². The third kappa shape index (κ3) is 2.18. The van der Waals surface area contributed by atoms with Crippen molar-refractivity contribution in [3.63, 3.8) is 0 Å². The van der Waals surface area contributed by atoms with Gasteiger partial charge in [-0.05, 0) is 0 Å². The van der Waals surface area contributed by atoms with Crippen LogP contribution in [0.15, 0.2) is 12.1 Å². The summed E-state index contributed by atoms with van der Waals surface area (Å²) in [6, 6.07) is 0.542. The van der Waals surface area contributed by atoms with E-state index in [-0.39, 0.29) is 6.07 Å². The summed E-state index contributed by atoms with van der Waals surface area (Å²) in [4.78, 5) is 38.7. The lowest BCUT2D eigenvalue weighted by molar-refractivity contribution is -0.424. The maximum atomic E-state index is 10.7. The molecule has 1 aromatic rings. The van der Waals surface area contributed by atoms with Crippen molar-refractivity contribution in [2.45, 2.75) is 0 Å². The van der Waals surface area contributed by atoms with E-state index in [0.717, 1.165) is 0 Å². The Hall–Kier alpha value is -3.11. The first-order valence-corrected chi connectivity index (χ1v) is 4.10. The van der Waals surface area contributed by atoms with Crippen LogP contribution in [-0.4, -0.2) is 25.8 Å². The number of aromatic carboxylic acids is 1. The van der Waals surface area contributed by atoms with E-state index in [2.05, 4.69) is 0 Å². The molecule has 0 saturated heterocycles. The molecular formula is C7H3N3O8. The topological polar surface area (TPSA) is 167 Å². The van der Waals surface area contributed by atoms with Crippen molar-refractivity contribution in [2.75, 3.05) is 0 Å². The van der Waals surface area contributed by atoms with Crippen LogP contribution in [0.3, 0.4) is 0 Å². The second-order valence-electron chi connectivity index (χ2n) is 2.93. The Morgan fingerprint density at radius 3 is 1.61 bits per heavy atom. The van der Waals surface area contributed by atoms with E-state index in [4.69, 9.17) is 5.11 Å². The monoisotopic (exact) mass is 257 g/mol. The van der Waals surface area contributed by atoms with Crippen molar-refractivity contribution >= 4 is 23.0 Å². The van der Waals surface area contributed by atoms with Crippen molar-refractivity contribution in [2.24, 2.45) is 0 Å². The predicted molar refractivity (Wildman–Crippen MR) is 53.4 cm³/mol. The number of nitro groups is 3. The first-order valence-electron chi connectivity index (χ1n) is 4.10. The van der Waals surface area contributed by atoms with Crippen molar-refractivity contribution in [1.82, 2.24) is 0 Å². The van der Waals surface area contributed by atoms with Gasteiger partial charge >= 0.3 is 17.3 Å². The van der Waals surface area contributed by atoms with Gasteiger partial charge in [-0.3, -0.25) is 30.3 Å². The SMILES string of the molecule is O=C(O)c1cc([N+](=O)[O-])c([N+](=O)[O-])cc1[N+](=O)[O-]. The molecule has 1 rings (SSSR count). The number of carbonyl (C=O) groups is 1. The van der Waals surface area contributed by atoms with Gasteiger partial charge in [0.25, 0.3) is 5.69 Å². The van der Waals surface area contributed by atoms with Crippen molar-refractivity contribution < 1.29 is 24.7 Å². The van der Waals surface area contributed by atoms with E-state index >= 15 is 0 Å². The zero-order valence-electron chi connectivity index (χ0n) is 8.30. The highest BCUT2D eigenvalue weighted by atomic mass is 16.6. The molecule has 0 aromatic heterocycles. The minimum atomic E-state index is -1.79. The fraction of sp³-hybridized carbons (Fsp3) is 0. The van der Waals surface area contributed by atoms with Gasteiger partial charge < -0.3 is 5.11 Å². The number of carboxylic acids is 1. The van der Waals surface area contributed by atoms with Crippen LogP contribution < -0.4 is 0 Å². The van der Waals surface area contributed by atoms with Crippen molar-refractivity contribution in [3.8, 4) is 0 Å². The lowest BCUT2D eigenvalue weighted by atomic mass is 10.1. The summed E-state index contributed by atoms with van der Waals surface area (Å²) in [5.74, 6) is -1.79. The lowest BCUT2D eigenvalue weighted by Gasteiger charge is -1.99. The Morgan fingerprint density at radius 2 is 1.28 bits per heavy atom. The lowest BCUT2D eigenvalue weighted by Crippen LogP contribution is -2.06. The standard InChI is InChI=1S/C7H3N3O8/c11-7(12)3-1-5(9(15)16)6(10(17)18)2-4(3)8(13)14/h1-2H,(H,11,12). The Bertz CT molecular complexity index is 482. The predicted octanol–water partition coefficient (Wildman–Crippen LogP) is 1.11. The number of rotatable bonds is 4. The maximum absolute atomic E-state index is 10.7. The van der Waals surface area contributed by atoms with Crippen LogP contribution in [0.5, 0.6) is 0 Å². The molecule has 0 saturated carbocycles. The molecule has 0 bridgehead atoms. The Labute approximate surface area is 96.7 Å². The Balaban J connectivity index is 3.71. The number of benzene rings is 1. The van der Waals surface area contributed by atoms with Gasteiger partial charge in [-0.2, -0.15) is 0 Å². The quantitative estimate of drug-likeness (QED) is 0.617. The Kier molecular flexibility index (Phi) is 3.17. The summed E-state index contributed by atoms with van der Waals surface area (Å²) in [5, 5.41) is 40.2. The molecule has 0 spiro atoms. The summed E-state index contributed by atoms with van der Waals surface area (Å²) in [7, 11) is 0. The maximum Gasteiger partial charge on any atom is 0.352 e. The van der Waals surface area contributed by atoms with E-state index in [0.29, 0.717) is 6.07 Å². The molecule has 94 valence electrons. The molecule has 1 N–H and O–H groups in total. The minimum absolute atomic E-state index is 0.252.